The summed E-state index contributed by atoms with van der Waals surface area (Å²) in [5.41, 5.74) is 2.50. The van der Waals surface area contributed by atoms with E-state index >= 15 is 0 Å². The number of rotatable bonds is 3. The number of hydrogen-bond acceptors (Lipinski definition) is 1. The number of methoxy groups -OCH3 is 1. The maximum Gasteiger partial charge on any atom is 0.244 e. The predicted molar refractivity (Wildman–Crippen MR) is 60.0 cm³/mol. The Kier molecular flexibility index (Phi) is 4.58. The highest BCUT2D eigenvalue weighted by molar-refractivity contribution is 5.73. The third-order valence-electron chi connectivity index (χ3n) is 2.76. The van der Waals surface area contributed by atoms with Crippen molar-refractivity contribution < 1.29 is 33.3 Å². The van der Waals surface area contributed by atoms with Gasteiger partial charge in [0, 0.05) is 6.07 Å². The summed E-state index contributed by atoms with van der Waals surface area (Å²) in [4.78, 5) is 0. The molecule has 88 valence electrons. The summed E-state index contributed by atoms with van der Waals surface area (Å²) in [5.74, 6) is 0.915. The molecule has 1 heterocycles. The van der Waals surface area contributed by atoms with Gasteiger partial charge >= 0.3 is 0 Å². The fourth-order valence-corrected chi connectivity index (χ4v) is 1.90. The Bertz CT molecular complexity index is 479. The lowest BCUT2D eigenvalue weighted by atomic mass is 10.3. The standard InChI is InChI=1S/C12H17N2O.HI/c1-4-13-9-14(5-2)12-8-10(15-3)6-7-11(12)13;/h6-9H,4-5H2,1-3H3;1H/q+1;/p-1. The van der Waals surface area contributed by atoms with Gasteiger partial charge in [0.25, 0.3) is 0 Å². The minimum absolute atomic E-state index is 0. The van der Waals surface area contributed by atoms with E-state index in [2.05, 4.69) is 41.4 Å². The second-order valence-corrected chi connectivity index (χ2v) is 3.54. The Labute approximate surface area is 113 Å². The van der Waals surface area contributed by atoms with Crippen LogP contribution in [0.15, 0.2) is 24.5 Å². The summed E-state index contributed by atoms with van der Waals surface area (Å²) in [6.45, 7) is 6.29. The van der Waals surface area contributed by atoms with Gasteiger partial charge in [-0.1, -0.05) is 0 Å². The van der Waals surface area contributed by atoms with Crippen LogP contribution >= 0.6 is 0 Å². The zero-order chi connectivity index (χ0) is 10.8. The Morgan fingerprint density at radius 2 is 2.06 bits per heavy atom. The predicted octanol–water partition coefficient (Wildman–Crippen LogP) is -1.02. The van der Waals surface area contributed by atoms with Crippen LogP contribution in [0.5, 0.6) is 5.75 Å². The fraction of sp³-hybridized carbons (Fsp3) is 0.417. The molecule has 3 nitrogen and oxygen atoms in total. The van der Waals surface area contributed by atoms with Gasteiger partial charge in [0.15, 0.2) is 11.0 Å². The summed E-state index contributed by atoms with van der Waals surface area (Å²) in [6, 6.07) is 6.21. The monoisotopic (exact) mass is 332 g/mol. The molecular formula is C12H17IN2O. The van der Waals surface area contributed by atoms with E-state index in [0.717, 1.165) is 18.8 Å². The van der Waals surface area contributed by atoms with E-state index in [-0.39, 0.29) is 24.0 Å². The summed E-state index contributed by atoms with van der Waals surface area (Å²) in [7, 11) is 1.70. The zero-order valence-corrected chi connectivity index (χ0v) is 12.1. The van der Waals surface area contributed by atoms with Crippen molar-refractivity contribution in [2.45, 2.75) is 26.9 Å². The van der Waals surface area contributed by atoms with Crippen molar-refractivity contribution in [3.05, 3.63) is 24.5 Å². The summed E-state index contributed by atoms with van der Waals surface area (Å²) < 4.78 is 9.73. The molecule has 0 amide bonds. The Hall–Kier alpha value is -0.780. The Morgan fingerprint density at radius 1 is 1.31 bits per heavy atom. The maximum atomic E-state index is 5.24. The van der Waals surface area contributed by atoms with E-state index in [4.69, 9.17) is 4.74 Å². The molecule has 0 atom stereocenters. The number of imidazole rings is 1. The molecule has 0 spiro atoms. The van der Waals surface area contributed by atoms with Crippen LogP contribution in [0.1, 0.15) is 13.8 Å². The average Bonchev–Trinajstić information content (AvgIpc) is 2.65. The number of aromatic nitrogens is 2. The van der Waals surface area contributed by atoms with Gasteiger partial charge in [-0.3, -0.25) is 0 Å². The smallest absolute Gasteiger partial charge is 0.244 e. The third kappa shape index (κ3) is 2.16. The van der Waals surface area contributed by atoms with E-state index in [1.54, 1.807) is 7.11 Å². The number of hydrogen-bond donors (Lipinski definition) is 0. The number of fused-ring (bicyclic) bond motifs is 1. The molecule has 0 N–H and O–H groups in total. The molecule has 1 aromatic heterocycles. The molecule has 0 bridgehead atoms. The summed E-state index contributed by atoms with van der Waals surface area (Å²) in [6.07, 6.45) is 2.16. The number of benzene rings is 1. The van der Waals surface area contributed by atoms with Crippen molar-refractivity contribution in [2.24, 2.45) is 0 Å². The van der Waals surface area contributed by atoms with Crippen LogP contribution in [0.2, 0.25) is 0 Å². The Morgan fingerprint density at radius 3 is 2.62 bits per heavy atom. The molecular weight excluding hydrogens is 315 g/mol. The van der Waals surface area contributed by atoms with Gasteiger partial charge < -0.3 is 28.7 Å². The van der Waals surface area contributed by atoms with Crippen LogP contribution in [-0.4, -0.2) is 11.7 Å². The molecule has 0 fully saturated rings. The van der Waals surface area contributed by atoms with Crippen LogP contribution in [0.25, 0.3) is 11.0 Å². The maximum absolute atomic E-state index is 5.24. The van der Waals surface area contributed by atoms with Gasteiger partial charge in [0.1, 0.15) is 5.75 Å². The lowest BCUT2D eigenvalue weighted by Gasteiger charge is -1.98. The minimum Gasteiger partial charge on any atom is -1.00 e. The summed E-state index contributed by atoms with van der Waals surface area (Å²) in [5, 5.41) is 0. The number of nitrogens with zero attached hydrogens (tertiary/aromatic N) is 2. The van der Waals surface area contributed by atoms with Crippen molar-refractivity contribution in [3.63, 3.8) is 0 Å². The van der Waals surface area contributed by atoms with Gasteiger partial charge in [-0.05, 0) is 26.0 Å². The first-order valence-corrected chi connectivity index (χ1v) is 5.36. The molecule has 0 aliphatic carbocycles. The van der Waals surface area contributed by atoms with Gasteiger partial charge in [-0.25, -0.2) is 9.13 Å². The molecule has 16 heavy (non-hydrogen) atoms. The van der Waals surface area contributed by atoms with Crippen LogP contribution in [0.3, 0.4) is 0 Å². The lowest BCUT2D eigenvalue weighted by molar-refractivity contribution is -0.668. The average molecular weight is 332 g/mol. The van der Waals surface area contributed by atoms with E-state index in [1.807, 2.05) is 6.07 Å². The first kappa shape index (κ1) is 13.3. The molecule has 2 aromatic rings. The van der Waals surface area contributed by atoms with Gasteiger partial charge in [-0.15, -0.1) is 0 Å². The van der Waals surface area contributed by atoms with E-state index < -0.39 is 0 Å². The van der Waals surface area contributed by atoms with Gasteiger partial charge in [-0.2, -0.15) is 0 Å². The van der Waals surface area contributed by atoms with Crippen LogP contribution < -0.4 is 33.3 Å². The third-order valence-corrected chi connectivity index (χ3v) is 2.76. The summed E-state index contributed by atoms with van der Waals surface area (Å²) >= 11 is 0. The van der Waals surface area contributed by atoms with Crippen molar-refractivity contribution in [1.82, 2.24) is 4.57 Å². The molecule has 0 unspecified atom stereocenters. The van der Waals surface area contributed by atoms with E-state index in [0.29, 0.717) is 0 Å². The van der Waals surface area contributed by atoms with Crippen LogP contribution in [0, 0.1) is 0 Å². The first-order chi connectivity index (χ1) is 7.30. The van der Waals surface area contributed by atoms with Crippen LogP contribution in [0.4, 0.5) is 0 Å². The highest BCUT2D eigenvalue weighted by atomic mass is 127. The lowest BCUT2D eigenvalue weighted by Crippen LogP contribution is -3.00. The van der Waals surface area contributed by atoms with E-state index in [1.165, 1.54) is 11.0 Å². The van der Waals surface area contributed by atoms with Crippen molar-refractivity contribution in [3.8, 4) is 5.75 Å². The molecule has 4 heteroatoms. The molecule has 0 saturated carbocycles. The second kappa shape index (κ2) is 5.52. The molecule has 0 saturated heterocycles. The fourth-order valence-electron chi connectivity index (χ4n) is 1.90. The normalized spacial score (nSPS) is 10.2. The van der Waals surface area contributed by atoms with Crippen molar-refractivity contribution in [2.75, 3.05) is 7.11 Å². The first-order valence-electron chi connectivity index (χ1n) is 5.36. The second-order valence-electron chi connectivity index (χ2n) is 3.54. The van der Waals surface area contributed by atoms with Gasteiger partial charge in [0.05, 0.1) is 20.2 Å². The highest BCUT2D eigenvalue weighted by Gasteiger charge is 2.13. The molecule has 0 aliphatic rings. The van der Waals surface area contributed by atoms with Crippen molar-refractivity contribution >= 4 is 11.0 Å². The largest absolute Gasteiger partial charge is 1.00 e. The van der Waals surface area contributed by atoms with E-state index in [9.17, 15) is 0 Å². The number of ether oxygens (including phenoxy) is 1. The quantitative estimate of drug-likeness (QED) is 0.520. The Balaban J connectivity index is 0.00000128. The molecule has 0 radical (unpaired) electrons. The minimum atomic E-state index is 0. The SMILES string of the molecule is CCn1c[n+](CC)c2ccc(OC)cc21.[I-]. The number of halogens is 1. The molecule has 0 aliphatic heterocycles. The molecule has 1 aromatic carbocycles. The topological polar surface area (TPSA) is 18.0 Å². The van der Waals surface area contributed by atoms with Gasteiger partial charge in [0.2, 0.25) is 6.33 Å². The van der Waals surface area contributed by atoms with Crippen LogP contribution in [-0.2, 0) is 13.1 Å². The molecule has 2 rings (SSSR count). The highest BCUT2D eigenvalue weighted by Crippen LogP contribution is 2.18. The number of aryl methyl sites for hydroxylation is 2. The zero-order valence-electron chi connectivity index (χ0n) is 9.90. The van der Waals surface area contributed by atoms with Crippen molar-refractivity contribution in [1.29, 1.82) is 0 Å².